The molecule has 2 nitrogen and oxygen atoms in total. The van der Waals surface area contributed by atoms with Crippen molar-refractivity contribution in [2.24, 2.45) is 0 Å². The van der Waals surface area contributed by atoms with Gasteiger partial charge in [-0.25, -0.2) is 9.97 Å². The van der Waals surface area contributed by atoms with Gasteiger partial charge in [-0.2, -0.15) is 0 Å². The third kappa shape index (κ3) is 1.23. The third-order valence-electron chi connectivity index (χ3n) is 1.67. The van der Waals surface area contributed by atoms with Crippen LogP contribution in [0.25, 0.3) is 11.4 Å². The lowest BCUT2D eigenvalue weighted by Gasteiger charge is -1.95. The van der Waals surface area contributed by atoms with Gasteiger partial charge in [-0.05, 0) is 24.4 Å². The quantitative estimate of drug-likeness (QED) is 0.667. The fourth-order valence-electron chi connectivity index (χ4n) is 1.06. The summed E-state index contributed by atoms with van der Waals surface area (Å²) < 4.78 is 0. The molecular formula is C9H8N2S. The average molecular weight is 176 g/mol. The van der Waals surface area contributed by atoms with Crippen molar-refractivity contribution in [1.82, 2.24) is 9.97 Å². The van der Waals surface area contributed by atoms with Crippen LogP contribution in [0.3, 0.4) is 0 Å². The van der Waals surface area contributed by atoms with E-state index in [2.05, 4.69) is 28.3 Å². The van der Waals surface area contributed by atoms with Gasteiger partial charge >= 0.3 is 0 Å². The molecule has 0 radical (unpaired) electrons. The van der Waals surface area contributed by atoms with Crippen LogP contribution in [0.2, 0.25) is 0 Å². The Morgan fingerprint density at radius 1 is 1.25 bits per heavy atom. The van der Waals surface area contributed by atoms with Gasteiger partial charge in [0.1, 0.15) is 0 Å². The Morgan fingerprint density at radius 3 is 2.58 bits per heavy atom. The van der Waals surface area contributed by atoms with Crippen molar-refractivity contribution in [3.63, 3.8) is 0 Å². The highest BCUT2D eigenvalue weighted by Gasteiger charge is 2.03. The van der Waals surface area contributed by atoms with E-state index in [-0.39, 0.29) is 0 Å². The number of aryl methyl sites for hydroxylation is 1. The molecule has 2 aromatic heterocycles. The van der Waals surface area contributed by atoms with Crippen molar-refractivity contribution in [1.29, 1.82) is 0 Å². The Hall–Kier alpha value is -1.22. The van der Waals surface area contributed by atoms with E-state index in [1.807, 2.05) is 6.07 Å². The molecule has 0 aliphatic heterocycles. The lowest BCUT2D eigenvalue weighted by Crippen LogP contribution is -1.85. The molecule has 0 atom stereocenters. The molecular weight excluding hydrogens is 168 g/mol. The first kappa shape index (κ1) is 7.43. The predicted molar refractivity (Wildman–Crippen MR) is 50.1 cm³/mol. The normalized spacial score (nSPS) is 10.1. The number of nitrogens with zero attached hydrogens (tertiary/aromatic N) is 2. The van der Waals surface area contributed by atoms with Crippen LogP contribution in [0.15, 0.2) is 29.9 Å². The smallest absolute Gasteiger partial charge is 0.160 e. The molecule has 0 unspecified atom stereocenters. The average Bonchev–Trinajstić information content (AvgIpc) is 2.53. The molecule has 60 valence electrons. The van der Waals surface area contributed by atoms with Crippen LogP contribution < -0.4 is 0 Å². The van der Waals surface area contributed by atoms with Gasteiger partial charge in [-0.1, -0.05) is 0 Å². The fourth-order valence-corrected chi connectivity index (χ4v) is 1.75. The maximum absolute atomic E-state index is 4.18. The maximum atomic E-state index is 4.18. The standard InChI is InChI=1S/C9H8N2S/c1-7-8(3-6-12-7)9-10-4-2-5-11-9/h2-6H,1H3. The molecule has 0 saturated heterocycles. The van der Waals surface area contributed by atoms with Crippen molar-refractivity contribution in [2.45, 2.75) is 6.92 Å². The van der Waals surface area contributed by atoms with Gasteiger partial charge in [-0.15, -0.1) is 11.3 Å². The highest BCUT2D eigenvalue weighted by atomic mass is 32.1. The number of hydrogen-bond donors (Lipinski definition) is 0. The lowest BCUT2D eigenvalue weighted by atomic mass is 10.2. The lowest BCUT2D eigenvalue weighted by molar-refractivity contribution is 1.17. The molecule has 2 aromatic rings. The maximum Gasteiger partial charge on any atom is 0.160 e. The Bertz CT molecular complexity index is 367. The van der Waals surface area contributed by atoms with E-state index in [4.69, 9.17) is 0 Å². The Kier molecular flexibility index (Phi) is 1.87. The molecule has 0 N–H and O–H groups in total. The van der Waals surface area contributed by atoms with E-state index in [1.54, 1.807) is 23.7 Å². The summed E-state index contributed by atoms with van der Waals surface area (Å²) in [6.07, 6.45) is 3.53. The molecule has 0 saturated carbocycles. The van der Waals surface area contributed by atoms with Gasteiger partial charge in [0.25, 0.3) is 0 Å². The monoisotopic (exact) mass is 176 g/mol. The van der Waals surface area contributed by atoms with Crippen LogP contribution in [0.1, 0.15) is 4.88 Å². The second-order valence-electron chi connectivity index (χ2n) is 2.46. The number of thiophene rings is 1. The minimum atomic E-state index is 0.816. The highest BCUT2D eigenvalue weighted by molar-refractivity contribution is 7.10. The summed E-state index contributed by atoms with van der Waals surface area (Å²) in [4.78, 5) is 9.62. The summed E-state index contributed by atoms with van der Waals surface area (Å²) in [7, 11) is 0. The second kappa shape index (κ2) is 3.03. The molecule has 0 aromatic carbocycles. The van der Waals surface area contributed by atoms with Crippen molar-refractivity contribution in [2.75, 3.05) is 0 Å². The molecule has 0 bridgehead atoms. The Labute approximate surface area is 74.9 Å². The zero-order chi connectivity index (χ0) is 8.39. The van der Waals surface area contributed by atoms with Gasteiger partial charge in [0.05, 0.1) is 0 Å². The number of rotatable bonds is 1. The molecule has 3 heteroatoms. The first-order valence-electron chi connectivity index (χ1n) is 3.69. The molecule has 12 heavy (non-hydrogen) atoms. The summed E-state index contributed by atoms with van der Waals surface area (Å²) in [6.45, 7) is 2.08. The SMILES string of the molecule is Cc1sccc1-c1ncccn1. The van der Waals surface area contributed by atoms with Crippen LogP contribution in [0.5, 0.6) is 0 Å². The molecule has 0 fully saturated rings. The molecule has 0 amide bonds. The first-order valence-corrected chi connectivity index (χ1v) is 4.57. The van der Waals surface area contributed by atoms with Gasteiger partial charge in [0, 0.05) is 22.8 Å². The summed E-state index contributed by atoms with van der Waals surface area (Å²) >= 11 is 1.72. The van der Waals surface area contributed by atoms with Gasteiger partial charge in [-0.3, -0.25) is 0 Å². The van der Waals surface area contributed by atoms with Gasteiger partial charge in [0.2, 0.25) is 0 Å². The molecule has 2 heterocycles. The van der Waals surface area contributed by atoms with Crippen molar-refractivity contribution in [3.05, 3.63) is 34.8 Å². The van der Waals surface area contributed by atoms with E-state index in [0.29, 0.717) is 0 Å². The van der Waals surface area contributed by atoms with E-state index >= 15 is 0 Å². The van der Waals surface area contributed by atoms with Crippen LogP contribution >= 0.6 is 11.3 Å². The van der Waals surface area contributed by atoms with Crippen LogP contribution in [0.4, 0.5) is 0 Å². The van der Waals surface area contributed by atoms with E-state index in [1.165, 1.54) is 4.88 Å². The topological polar surface area (TPSA) is 25.8 Å². The zero-order valence-corrected chi connectivity index (χ0v) is 7.51. The largest absolute Gasteiger partial charge is 0.237 e. The number of hydrogen-bond acceptors (Lipinski definition) is 3. The van der Waals surface area contributed by atoms with E-state index < -0.39 is 0 Å². The van der Waals surface area contributed by atoms with Gasteiger partial charge < -0.3 is 0 Å². The van der Waals surface area contributed by atoms with E-state index in [9.17, 15) is 0 Å². The summed E-state index contributed by atoms with van der Waals surface area (Å²) in [5.74, 6) is 0.816. The zero-order valence-electron chi connectivity index (χ0n) is 6.69. The molecule has 0 aliphatic rings. The highest BCUT2D eigenvalue weighted by Crippen LogP contribution is 2.23. The molecule has 0 aliphatic carbocycles. The minimum Gasteiger partial charge on any atom is -0.237 e. The summed E-state index contributed by atoms with van der Waals surface area (Å²) in [5.41, 5.74) is 1.14. The van der Waals surface area contributed by atoms with Crippen LogP contribution in [0, 0.1) is 6.92 Å². The fraction of sp³-hybridized carbons (Fsp3) is 0.111. The third-order valence-corrected chi connectivity index (χ3v) is 2.51. The first-order chi connectivity index (χ1) is 5.88. The summed E-state index contributed by atoms with van der Waals surface area (Å²) in [6, 6.07) is 3.88. The predicted octanol–water partition coefficient (Wildman–Crippen LogP) is 2.51. The van der Waals surface area contributed by atoms with Crippen LogP contribution in [-0.2, 0) is 0 Å². The number of aromatic nitrogens is 2. The van der Waals surface area contributed by atoms with Gasteiger partial charge in [0.15, 0.2) is 5.82 Å². The minimum absolute atomic E-state index is 0.816. The Morgan fingerprint density at radius 2 is 2.00 bits per heavy atom. The van der Waals surface area contributed by atoms with Crippen molar-refractivity contribution >= 4 is 11.3 Å². The van der Waals surface area contributed by atoms with Crippen molar-refractivity contribution < 1.29 is 0 Å². The van der Waals surface area contributed by atoms with E-state index in [0.717, 1.165) is 11.4 Å². The molecule has 2 rings (SSSR count). The van der Waals surface area contributed by atoms with Crippen LogP contribution in [-0.4, -0.2) is 9.97 Å². The van der Waals surface area contributed by atoms with Crippen molar-refractivity contribution in [3.8, 4) is 11.4 Å². The Balaban J connectivity index is 2.51. The molecule has 0 spiro atoms. The summed E-state index contributed by atoms with van der Waals surface area (Å²) in [5, 5.41) is 2.06. The second-order valence-corrected chi connectivity index (χ2v) is 3.58.